The number of benzene rings is 2. The summed E-state index contributed by atoms with van der Waals surface area (Å²) in [7, 11) is 0. The molecule has 0 radical (unpaired) electrons. The summed E-state index contributed by atoms with van der Waals surface area (Å²) in [4.78, 5) is 24.5. The van der Waals surface area contributed by atoms with Crippen LogP contribution in [0.15, 0.2) is 46.9 Å². The van der Waals surface area contributed by atoms with E-state index in [9.17, 15) is 9.59 Å². The molecule has 1 aliphatic rings. The lowest BCUT2D eigenvalue weighted by molar-refractivity contribution is -0.122. The molecule has 3 rings (SSSR count). The van der Waals surface area contributed by atoms with Crippen LogP contribution in [0.1, 0.15) is 17.5 Å². The lowest BCUT2D eigenvalue weighted by atomic mass is 10.2. The molecule has 0 saturated heterocycles. The van der Waals surface area contributed by atoms with Crippen LogP contribution in [0.25, 0.3) is 0 Å². The number of hydrogen-bond acceptors (Lipinski definition) is 2. The lowest BCUT2D eigenvalue weighted by Crippen LogP contribution is -2.20. The number of aryl methyl sites for hydroxylation is 2. The first kappa shape index (κ1) is 16.7. The molecule has 24 heavy (non-hydrogen) atoms. The highest BCUT2D eigenvalue weighted by atomic mass is 79.9. The highest BCUT2D eigenvalue weighted by Crippen LogP contribution is 2.40. The molecule has 0 spiro atoms. The molecule has 2 aromatic rings. The summed E-state index contributed by atoms with van der Waals surface area (Å²) in [6, 6.07) is 13.3. The highest BCUT2D eigenvalue weighted by Gasteiger charge is 2.48. The van der Waals surface area contributed by atoms with E-state index in [1.807, 2.05) is 56.3 Å². The fraction of sp³-hybridized carbons (Fsp3) is 0.263. The van der Waals surface area contributed by atoms with Crippen molar-refractivity contribution in [3.05, 3.63) is 58.1 Å². The standard InChI is InChI=1S/C19H19BrN2O2/c1-11-4-3-5-13(8-11)21-18(23)15-10-16(15)19(24)22-14-7-6-12(2)17(20)9-14/h3-9,15-16H,10H2,1-2H3,(H,21,23)(H,22,24). The monoisotopic (exact) mass is 386 g/mol. The first-order valence-electron chi connectivity index (χ1n) is 7.88. The SMILES string of the molecule is Cc1cccc(NC(=O)C2CC2C(=O)Nc2ccc(C)c(Br)c2)c1. The van der Waals surface area contributed by atoms with E-state index in [4.69, 9.17) is 0 Å². The van der Waals surface area contributed by atoms with Gasteiger partial charge in [-0.1, -0.05) is 34.1 Å². The maximum Gasteiger partial charge on any atom is 0.228 e. The molecule has 124 valence electrons. The quantitative estimate of drug-likeness (QED) is 0.823. The first-order chi connectivity index (χ1) is 11.4. The lowest BCUT2D eigenvalue weighted by Gasteiger charge is -2.08. The number of amides is 2. The predicted octanol–water partition coefficient (Wildman–Crippen LogP) is 4.28. The summed E-state index contributed by atoms with van der Waals surface area (Å²) in [6.45, 7) is 3.96. The Balaban J connectivity index is 1.57. The predicted molar refractivity (Wildman–Crippen MR) is 98.9 cm³/mol. The Kier molecular flexibility index (Phi) is 4.71. The third-order valence-electron chi connectivity index (χ3n) is 4.19. The third-order valence-corrected chi connectivity index (χ3v) is 5.04. The molecule has 5 heteroatoms. The van der Waals surface area contributed by atoms with Crippen molar-refractivity contribution in [2.75, 3.05) is 10.6 Å². The fourth-order valence-electron chi connectivity index (χ4n) is 2.64. The van der Waals surface area contributed by atoms with Crippen molar-refractivity contribution in [1.29, 1.82) is 0 Å². The van der Waals surface area contributed by atoms with E-state index < -0.39 is 0 Å². The topological polar surface area (TPSA) is 58.2 Å². The normalized spacial score (nSPS) is 18.8. The summed E-state index contributed by atoms with van der Waals surface area (Å²) in [5, 5.41) is 5.76. The average molecular weight is 387 g/mol. The van der Waals surface area contributed by atoms with Crippen molar-refractivity contribution in [3.63, 3.8) is 0 Å². The van der Waals surface area contributed by atoms with Crippen LogP contribution in [0.2, 0.25) is 0 Å². The number of halogens is 1. The van der Waals surface area contributed by atoms with Crippen molar-refractivity contribution in [3.8, 4) is 0 Å². The van der Waals surface area contributed by atoms with Gasteiger partial charge in [-0.05, 0) is 55.7 Å². The second-order valence-corrected chi connectivity index (χ2v) is 7.11. The van der Waals surface area contributed by atoms with Gasteiger partial charge in [0, 0.05) is 15.8 Å². The Morgan fingerprint density at radius 3 is 2.17 bits per heavy atom. The Morgan fingerprint density at radius 1 is 0.958 bits per heavy atom. The van der Waals surface area contributed by atoms with E-state index in [-0.39, 0.29) is 23.7 Å². The summed E-state index contributed by atoms with van der Waals surface area (Å²) >= 11 is 3.45. The second kappa shape index (κ2) is 6.77. The zero-order valence-electron chi connectivity index (χ0n) is 13.6. The van der Waals surface area contributed by atoms with Crippen molar-refractivity contribution < 1.29 is 9.59 Å². The van der Waals surface area contributed by atoms with Gasteiger partial charge in [0.1, 0.15) is 0 Å². The molecule has 1 saturated carbocycles. The van der Waals surface area contributed by atoms with Gasteiger partial charge in [-0.2, -0.15) is 0 Å². The molecular weight excluding hydrogens is 368 g/mol. The minimum Gasteiger partial charge on any atom is -0.326 e. The van der Waals surface area contributed by atoms with Crippen LogP contribution in [0.3, 0.4) is 0 Å². The minimum atomic E-state index is -0.255. The van der Waals surface area contributed by atoms with E-state index in [1.165, 1.54) is 0 Å². The third kappa shape index (κ3) is 3.85. The Hall–Kier alpha value is -2.14. The van der Waals surface area contributed by atoms with E-state index in [1.54, 1.807) is 0 Å². The summed E-state index contributed by atoms with van der Waals surface area (Å²) in [5.74, 6) is -0.699. The van der Waals surface area contributed by atoms with Gasteiger partial charge in [-0.25, -0.2) is 0 Å². The van der Waals surface area contributed by atoms with Crippen molar-refractivity contribution in [2.24, 2.45) is 11.8 Å². The highest BCUT2D eigenvalue weighted by molar-refractivity contribution is 9.10. The smallest absolute Gasteiger partial charge is 0.228 e. The van der Waals surface area contributed by atoms with Gasteiger partial charge < -0.3 is 10.6 Å². The number of hydrogen-bond donors (Lipinski definition) is 2. The van der Waals surface area contributed by atoms with Crippen LogP contribution < -0.4 is 10.6 Å². The molecule has 2 N–H and O–H groups in total. The van der Waals surface area contributed by atoms with Crippen LogP contribution in [0.5, 0.6) is 0 Å². The number of anilines is 2. The van der Waals surface area contributed by atoms with Gasteiger partial charge in [0.25, 0.3) is 0 Å². The fourth-order valence-corrected chi connectivity index (χ4v) is 3.02. The van der Waals surface area contributed by atoms with Gasteiger partial charge in [0.2, 0.25) is 11.8 Å². The molecule has 4 nitrogen and oxygen atoms in total. The molecule has 0 heterocycles. The van der Waals surface area contributed by atoms with E-state index in [2.05, 4.69) is 26.6 Å². The molecule has 0 aliphatic heterocycles. The maximum absolute atomic E-state index is 12.3. The van der Waals surface area contributed by atoms with Gasteiger partial charge in [-0.3, -0.25) is 9.59 Å². The van der Waals surface area contributed by atoms with Crippen LogP contribution in [0, 0.1) is 25.7 Å². The molecule has 0 bridgehead atoms. The van der Waals surface area contributed by atoms with Gasteiger partial charge in [0.05, 0.1) is 11.8 Å². The van der Waals surface area contributed by atoms with Gasteiger partial charge in [0.15, 0.2) is 0 Å². The van der Waals surface area contributed by atoms with E-state index >= 15 is 0 Å². The van der Waals surface area contributed by atoms with Gasteiger partial charge >= 0.3 is 0 Å². The van der Waals surface area contributed by atoms with Crippen molar-refractivity contribution in [1.82, 2.24) is 0 Å². The second-order valence-electron chi connectivity index (χ2n) is 6.26. The molecule has 2 unspecified atom stereocenters. The minimum absolute atomic E-state index is 0.0918. The largest absolute Gasteiger partial charge is 0.326 e. The molecule has 1 fully saturated rings. The first-order valence-corrected chi connectivity index (χ1v) is 8.68. The van der Waals surface area contributed by atoms with Crippen LogP contribution >= 0.6 is 15.9 Å². The molecule has 0 aromatic heterocycles. The Morgan fingerprint density at radius 2 is 1.58 bits per heavy atom. The molecular formula is C19H19BrN2O2. The zero-order valence-corrected chi connectivity index (χ0v) is 15.2. The Bertz CT molecular complexity index is 804. The van der Waals surface area contributed by atoms with Crippen molar-refractivity contribution in [2.45, 2.75) is 20.3 Å². The summed E-state index contributed by atoms with van der Waals surface area (Å²) < 4.78 is 0.949. The molecule has 2 atom stereocenters. The zero-order chi connectivity index (χ0) is 17.3. The Labute approximate surface area is 149 Å². The van der Waals surface area contributed by atoms with Crippen molar-refractivity contribution >= 4 is 39.1 Å². The van der Waals surface area contributed by atoms with Crippen LogP contribution in [-0.2, 0) is 9.59 Å². The molecule has 2 aromatic carbocycles. The average Bonchev–Trinajstić information content (AvgIpc) is 3.32. The number of nitrogens with one attached hydrogen (secondary N) is 2. The van der Waals surface area contributed by atoms with Crippen LogP contribution in [0.4, 0.5) is 11.4 Å². The number of rotatable bonds is 4. The number of carbonyl (C=O) groups excluding carboxylic acids is 2. The molecule has 1 aliphatic carbocycles. The summed E-state index contributed by atoms with van der Waals surface area (Å²) in [6.07, 6.45) is 0.594. The van der Waals surface area contributed by atoms with Gasteiger partial charge in [-0.15, -0.1) is 0 Å². The van der Waals surface area contributed by atoms with E-state index in [0.29, 0.717) is 6.42 Å². The molecule has 2 amide bonds. The maximum atomic E-state index is 12.3. The van der Waals surface area contributed by atoms with Crippen LogP contribution in [-0.4, -0.2) is 11.8 Å². The van der Waals surface area contributed by atoms with E-state index in [0.717, 1.165) is 27.0 Å². The number of carbonyl (C=O) groups is 2. The summed E-state index contributed by atoms with van der Waals surface area (Å²) in [5.41, 5.74) is 3.70.